The van der Waals surface area contributed by atoms with Crippen molar-refractivity contribution >= 4 is 70.5 Å². The van der Waals surface area contributed by atoms with Gasteiger partial charge in [0, 0.05) is 5.69 Å². The molecule has 3 aromatic heterocycles. The maximum Gasteiger partial charge on any atom is 0.142 e. The fraction of sp³-hybridized carbons (Fsp3) is 0. The number of halogens is 1. The first kappa shape index (κ1) is 12.2. The third kappa shape index (κ3) is 2.07. The third-order valence-electron chi connectivity index (χ3n) is 2.89. The van der Waals surface area contributed by atoms with E-state index in [-0.39, 0.29) is 0 Å². The van der Waals surface area contributed by atoms with Crippen LogP contribution in [0, 0.1) is 0 Å². The number of hydrogen-bond donors (Lipinski definition) is 1. The Balaban J connectivity index is 1.79. The molecular weight excluding hydrogens is 356 g/mol. The Kier molecular flexibility index (Phi) is 2.90. The summed E-state index contributed by atoms with van der Waals surface area (Å²) in [4.78, 5) is 13.9. The third-order valence-corrected chi connectivity index (χ3v) is 5.25. The second-order valence-electron chi connectivity index (χ2n) is 4.15. The average Bonchev–Trinajstić information content (AvgIpc) is 3.04. The highest BCUT2D eigenvalue weighted by molar-refractivity contribution is 9.11. The second kappa shape index (κ2) is 4.76. The van der Waals surface area contributed by atoms with Gasteiger partial charge in [-0.1, -0.05) is 0 Å². The lowest BCUT2D eigenvalue weighted by molar-refractivity contribution is 1.23. The van der Waals surface area contributed by atoms with E-state index in [2.05, 4.69) is 42.3 Å². The van der Waals surface area contributed by atoms with Crippen molar-refractivity contribution in [3.8, 4) is 0 Å². The predicted molar refractivity (Wildman–Crippen MR) is 88.0 cm³/mol. The second-order valence-corrected chi connectivity index (χ2v) is 7.45. The van der Waals surface area contributed by atoms with E-state index in [0.717, 1.165) is 31.0 Å². The Morgan fingerprint density at radius 3 is 3.00 bits per heavy atom. The van der Waals surface area contributed by atoms with E-state index < -0.39 is 0 Å². The number of fused-ring (bicyclic) bond motifs is 2. The summed E-state index contributed by atoms with van der Waals surface area (Å²) in [5.74, 6) is 0.812. The first-order valence-corrected chi connectivity index (χ1v) is 8.29. The van der Waals surface area contributed by atoms with Crippen LogP contribution in [0.1, 0.15) is 0 Å². The van der Waals surface area contributed by atoms with Crippen LogP contribution in [0.4, 0.5) is 11.5 Å². The molecule has 98 valence electrons. The summed E-state index contributed by atoms with van der Waals surface area (Å²) in [6.45, 7) is 0. The molecule has 1 N–H and O–H groups in total. The first-order valence-electron chi connectivity index (χ1n) is 5.80. The smallest absolute Gasteiger partial charge is 0.142 e. The largest absolute Gasteiger partial charge is 0.340 e. The van der Waals surface area contributed by atoms with Crippen molar-refractivity contribution in [1.29, 1.82) is 0 Å². The fourth-order valence-corrected chi connectivity index (χ4v) is 4.07. The molecule has 0 spiro atoms. The van der Waals surface area contributed by atoms with Crippen molar-refractivity contribution in [2.45, 2.75) is 0 Å². The summed E-state index contributed by atoms with van der Waals surface area (Å²) < 4.78 is 2.23. The molecule has 4 aromatic rings. The molecule has 3 heterocycles. The Morgan fingerprint density at radius 2 is 2.05 bits per heavy atom. The van der Waals surface area contributed by atoms with Crippen LogP contribution in [0.2, 0.25) is 0 Å². The van der Waals surface area contributed by atoms with Crippen LogP contribution >= 0.6 is 38.6 Å². The van der Waals surface area contributed by atoms with E-state index in [9.17, 15) is 0 Å². The minimum absolute atomic E-state index is 0.812. The Bertz CT molecular complexity index is 915. The molecule has 1 aromatic carbocycles. The van der Waals surface area contributed by atoms with Gasteiger partial charge < -0.3 is 5.32 Å². The van der Waals surface area contributed by atoms with Gasteiger partial charge in [0.25, 0.3) is 0 Å². The van der Waals surface area contributed by atoms with Crippen molar-refractivity contribution < 1.29 is 0 Å². The van der Waals surface area contributed by atoms with Gasteiger partial charge in [0.1, 0.15) is 17.0 Å². The highest BCUT2D eigenvalue weighted by Crippen LogP contribution is 2.33. The van der Waals surface area contributed by atoms with E-state index in [0.29, 0.717) is 0 Å². The molecule has 7 heteroatoms. The Hall–Kier alpha value is -1.57. The lowest BCUT2D eigenvalue weighted by Gasteiger charge is -2.06. The standard InChI is InChI=1S/C13H7BrN4S2/c14-11-4-8-12(15-5-16-13(8)20-11)18-7-1-2-10-9(3-7)17-6-19-10/h1-6H,(H,15,16,18). The van der Waals surface area contributed by atoms with Crippen molar-refractivity contribution in [1.82, 2.24) is 15.0 Å². The SMILES string of the molecule is Brc1cc2c(Nc3ccc4scnc4c3)ncnc2s1. The summed E-state index contributed by atoms with van der Waals surface area (Å²) in [7, 11) is 0. The maximum atomic E-state index is 4.33. The van der Waals surface area contributed by atoms with Crippen LogP contribution in [0.5, 0.6) is 0 Å². The average molecular weight is 363 g/mol. The topological polar surface area (TPSA) is 50.7 Å². The lowest BCUT2D eigenvalue weighted by Crippen LogP contribution is -1.94. The minimum Gasteiger partial charge on any atom is -0.340 e. The van der Waals surface area contributed by atoms with E-state index in [4.69, 9.17) is 0 Å². The van der Waals surface area contributed by atoms with Crippen molar-refractivity contribution in [3.05, 3.63) is 39.9 Å². The van der Waals surface area contributed by atoms with Gasteiger partial charge in [0.2, 0.25) is 0 Å². The number of benzene rings is 1. The van der Waals surface area contributed by atoms with Crippen LogP contribution in [-0.2, 0) is 0 Å². The molecule has 4 rings (SSSR count). The van der Waals surface area contributed by atoms with E-state index in [1.165, 1.54) is 4.70 Å². The highest BCUT2D eigenvalue weighted by atomic mass is 79.9. The van der Waals surface area contributed by atoms with Crippen molar-refractivity contribution in [2.75, 3.05) is 5.32 Å². The number of thiophene rings is 1. The first-order chi connectivity index (χ1) is 9.79. The zero-order chi connectivity index (χ0) is 13.5. The van der Waals surface area contributed by atoms with Gasteiger partial charge in [-0.15, -0.1) is 22.7 Å². The summed E-state index contributed by atoms with van der Waals surface area (Å²) >= 11 is 6.72. The Morgan fingerprint density at radius 1 is 1.10 bits per heavy atom. The molecule has 0 aliphatic heterocycles. The normalized spacial score (nSPS) is 11.2. The van der Waals surface area contributed by atoms with Gasteiger partial charge in [0.15, 0.2) is 0 Å². The maximum absolute atomic E-state index is 4.33. The number of nitrogens with one attached hydrogen (secondary N) is 1. The minimum atomic E-state index is 0.812. The van der Waals surface area contributed by atoms with E-state index in [1.54, 1.807) is 29.0 Å². The van der Waals surface area contributed by atoms with Crippen molar-refractivity contribution in [2.24, 2.45) is 0 Å². The van der Waals surface area contributed by atoms with Gasteiger partial charge in [-0.25, -0.2) is 15.0 Å². The molecule has 0 radical (unpaired) electrons. The van der Waals surface area contributed by atoms with Crippen LogP contribution in [0.15, 0.2) is 39.9 Å². The zero-order valence-corrected chi connectivity index (χ0v) is 13.2. The van der Waals surface area contributed by atoms with Crippen LogP contribution < -0.4 is 5.32 Å². The number of aromatic nitrogens is 3. The molecule has 0 saturated carbocycles. The monoisotopic (exact) mass is 362 g/mol. The van der Waals surface area contributed by atoms with Gasteiger partial charge in [-0.3, -0.25) is 0 Å². The lowest BCUT2D eigenvalue weighted by atomic mass is 10.3. The quantitative estimate of drug-likeness (QED) is 0.555. The summed E-state index contributed by atoms with van der Waals surface area (Å²) in [6, 6.07) is 8.16. The summed E-state index contributed by atoms with van der Waals surface area (Å²) in [6.07, 6.45) is 1.58. The highest BCUT2D eigenvalue weighted by Gasteiger charge is 2.08. The molecule has 0 saturated heterocycles. The zero-order valence-electron chi connectivity index (χ0n) is 10.0. The molecule has 0 unspecified atom stereocenters. The summed E-state index contributed by atoms with van der Waals surface area (Å²) in [5.41, 5.74) is 3.83. The van der Waals surface area contributed by atoms with Crippen molar-refractivity contribution in [3.63, 3.8) is 0 Å². The number of rotatable bonds is 2. The molecule has 0 aliphatic carbocycles. The molecule has 20 heavy (non-hydrogen) atoms. The van der Waals surface area contributed by atoms with Crippen LogP contribution in [-0.4, -0.2) is 15.0 Å². The van der Waals surface area contributed by atoms with Gasteiger partial charge in [-0.05, 0) is 40.2 Å². The predicted octanol–water partition coefficient (Wildman–Crippen LogP) is 4.81. The van der Waals surface area contributed by atoms with E-state index in [1.807, 2.05) is 23.7 Å². The number of anilines is 2. The molecule has 4 nitrogen and oxygen atoms in total. The van der Waals surface area contributed by atoms with Crippen LogP contribution in [0.25, 0.3) is 20.4 Å². The molecule has 0 amide bonds. The van der Waals surface area contributed by atoms with Crippen LogP contribution in [0.3, 0.4) is 0 Å². The number of hydrogen-bond acceptors (Lipinski definition) is 6. The molecule has 0 atom stereocenters. The Labute approximate surface area is 130 Å². The number of nitrogens with zero attached hydrogens (tertiary/aromatic N) is 3. The van der Waals surface area contributed by atoms with Gasteiger partial charge in [-0.2, -0.15) is 0 Å². The molecule has 0 aliphatic rings. The molecule has 0 fully saturated rings. The number of thiazole rings is 1. The fourth-order valence-electron chi connectivity index (χ4n) is 2.00. The van der Waals surface area contributed by atoms with Gasteiger partial charge in [0.05, 0.1) is 24.9 Å². The molecular formula is C13H7BrN4S2. The van der Waals surface area contributed by atoms with E-state index >= 15 is 0 Å². The molecule has 0 bridgehead atoms. The summed E-state index contributed by atoms with van der Waals surface area (Å²) in [5, 5.41) is 4.36. The van der Waals surface area contributed by atoms with Gasteiger partial charge >= 0.3 is 0 Å².